The minimum Gasteiger partial charge on any atom is -0.258 e. The van der Waals surface area contributed by atoms with Gasteiger partial charge in [-0.05, 0) is 66.1 Å². The van der Waals surface area contributed by atoms with Crippen molar-refractivity contribution in [2.45, 2.75) is 6.42 Å². The van der Waals surface area contributed by atoms with Gasteiger partial charge in [0.1, 0.15) is 0 Å². The summed E-state index contributed by atoms with van der Waals surface area (Å²) < 4.78 is 0. The number of nitro groups is 2. The smallest absolute Gasteiger partial charge is 0.258 e. The molecule has 8 aromatic rings. The summed E-state index contributed by atoms with van der Waals surface area (Å²) in [7, 11) is 0. The molecule has 0 N–H and O–H groups in total. The molecule has 0 radical (unpaired) electrons. The number of benzene rings is 6. The first-order valence-electron chi connectivity index (χ1n) is 16.1. The van der Waals surface area contributed by atoms with Crippen molar-refractivity contribution < 1.29 is 9.85 Å². The van der Waals surface area contributed by atoms with E-state index in [4.69, 9.17) is 19.9 Å². The molecule has 0 saturated heterocycles. The fourth-order valence-corrected chi connectivity index (χ4v) is 6.13. The fourth-order valence-electron chi connectivity index (χ4n) is 6.13. The zero-order chi connectivity index (χ0) is 34.9. The Balaban J connectivity index is 1.18. The monoisotopic (exact) mass is 666 g/mol. The van der Waals surface area contributed by atoms with Crippen LogP contribution in [0.3, 0.4) is 0 Å². The Morgan fingerprint density at radius 3 is 1.08 bits per heavy atom. The second kappa shape index (κ2) is 13.0. The first-order chi connectivity index (χ1) is 24.9. The van der Waals surface area contributed by atoms with E-state index in [9.17, 15) is 20.2 Å². The number of nitro benzene ring substituents is 2. The van der Waals surface area contributed by atoms with Gasteiger partial charge in [-0.3, -0.25) is 20.2 Å². The van der Waals surface area contributed by atoms with Crippen LogP contribution in [0, 0.1) is 20.2 Å². The molecule has 2 aromatic heterocycles. The highest BCUT2D eigenvalue weighted by Crippen LogP contribution is 2.34. The average Bonchev–Trinajstić information content (AvgIpc) is 3.17. The van der Waals surface area contributed by atoms with E-state index in [1.54, 1.807) is 24.3 Å². The molecule has 2 heterocycles. The van der Waals surface area contributed by atoms with Gasteiger partial charge in [-0.15, -0.1) is 0 Å². The van der Waals surface area contributed by atoms with Gasteiger partial charge in [0.05, 0.1) is 54.7 Å². The molecule has 0 spiro atoms. The summed E-state index contributed by atoms with van der Waals surface area (Å²) in [5.41, 5.74) is 10.8. The summed E-state index contributed by atoms with van der Waals surface area (Å²) in [6, 6.07) is 44.3. The topological polar surface area (TPSA) is 138 Å². The quantitative estimate of drug-likeness (QED) is 0.115. The van der Waals surface area contributed by atoms with Crippen molar-refractivity contribution in [3.63, 3.8) is 0 Å². The van der Waals surface area contributed by atoms with E-state index in [1.165, 1.54) is 24.3 Å². The molecule has 51 heavy (non-hydrogen) atoms. The van der Waals surface area contributed by atoms with E-state index >= 15 is 0 Å². The van der Waals surface area contributed by atoms with E-state index in [0.29, 0.717) is 40.2 Å². The third kappa shape index (κ3) is 6.25. The van der Waals surface area contributed by atoms with Gasteiger partial charge in [0.25, 0.3) is 11.4 Å². The molecule has 0 aliphatic carbocycles. The number of fused-ring (bicyclic) bond motifs is 2. The minimum atomic E-state index is -0.419. The highest BCUT2D eigenvalue weighted by atomic mass is 16.6. The third-order valence-electron chi connectivity index (χ3n) is 8.66. The molecule has 0 saturated carbocycles. The van der Waals surface area contributed by atoms with Crippen molar-refractivity contribution in [1.29, 1.82) is 0 Å². The van der Waals surface area contributed by atoms with Crippen LogP contribution in [0.4, 0.5) is 11.4 Å². The second-order valence-corrected chi connectivity index (χ2v) is 12.0. The summed E-state index contributed by atoms with van der Waals surface area (Å²) in [5, 5.41) is 22.6. The lowest BCUT2D eigenvalue weighted by molar-refractivity contribution is -0.385. The highest BCUT2D eigenvalue weighted by molar-refractivity contribution is 5.88. The molecule has 0 aliphatic rings. The minimum absolute atomic E-state index is 0.00674. The average molecular weight is 667 g/mol. The van der Waals surface area contributed by atoms with Crippen LogP contribution in [0.15, 0.2) is 146 Å². The molecule has 10 heteroatoms. The van der Waals surface area contributed by atoms with Crippen molar-refractivity contribution in [3.8, 4) is 45.0 Å². The maximum Gasteiger partial charge on any atom is 0.269 e. The predicted octanol–water partition coefficient (Wildman–Crippen LogP) is 9.65. The van der Waals surface area contributed by atoms with Gasteiger partial charge in [-0.2, -0.15) is 0 Å². The van der Waals surface area contributed by atoms with E-state index in [1.807, 2.05) is 97.1 Å². The first kappa shape index (κ1) is 31.1. The van der Waals surface area contributed by atoms with Gasteiger partial charge < -0.3 is 0 Å². The standard InChI is InChI=1S/C41H26N6O4/c48-46(49)32-17-13-30(14-18-32)40-38(28-7-3-1-4-8-28)42-34-21-11-26(24-36(34)44-40)23-27-12-22-35-37(25-27)45-41(31-15-19-33(20-16-31)47(50)51)39(43-35)29-9-5-2-6-10-29/h1-22,24-25H,23H2. The van der Waals surface area contributed by atoms with Crippen molar-refractivity contribution in [2.24, 2.45) is 0 Å². The van der Waals surface area contributed by atoms with Crippen LogP contribution in [-0.2, 0) is 6.42 Å². The highest BCUT2D eigenvalue weighted by Gasteiger charge is 2.17. The molecule has 0 amide bonds. The Morgan fingerprint density at radius 1 is 0.392 bits per heavy atom. The van der Waals surface area contributed by atoms with Crippen molar-refractivity contribution in [3.05, 3.63) is 177 Å². The van der Waals surface area contributed by atoms with Crippen LogP contribution in [0.2, 0.25) is 0 Å². The van der Waals surface area contributed by atoms with Crippen LogP contribution >= 0.6 is 0 Å². The normalized spacial score (nSPS) is 11.1. The van der Waals surface area contributed by atoms with Gasteiger partial charge in [0.2, 0.25) is 0 Å². The Bertz CT molecular complexity index is 2410. The lowest BCUT2D eigenvalue weighted by Crippen LogP contribution is -1.98. The Kier molecular flexibility index (Phi) is 7.93. The van der Waals surface area contributed by atoms with Crippen LogP contribution in [0.25, 0.3) is 67.1 Å². The number of non-ortho nitro benzene ring substituents is 2. The zero-order valence-corrected chi connectivity index (χ0v) is 26.9. The Morgan fingerprint density at radius 2 is 0.725 bits per heavy atom. The molecular weight excluding hydrogens is 640 g/mol. The Hall–Kier alpha value is -7.20. The predicted molar refractivity (Wildman–Crippen MR) is 197 cm³/mol. The van der Waals surface area contributed by atoms with Crippen molar-refractivity contribution in [2.75, 3.05) is 0 Å². The molecule has 10 nitrogen and oxygen atoms in total. The van der Waals surface area contributed by atoms with Gasteiger partial charge in [0.15, 0.2) is 0 Å². The van der Waals surface area contributed by atoms with Crippen LogP contribution < -0.4 is 0 Å². The van der Waals surface area contributed by atoms with Gasteiger partial charge in [-0.25, -0.2) is 19.9 Å². The van der Waals surface area contributed by atoms with Gasteiger partial charge in [-0.1, -0.05) is 72.8 Å². The number of nitrogens with zero attached hydrogens (tertiary/aromatic N) is 6. The number of hydrogen-bond donors (Lipinski definition) is 0. The van der Waals surface area contributed by atoms with Crippen molar-refractivity contribution in [1.82, 2.24) is 19.9 Å². The van der Waals surface area contributed by atoms with Crippen LogP contribution in [0.1, 0.15) is 11.1 Å². The summed E-state index contributed by atoms with van der Waals surface area (Å²) >= 11 is 0. The van der Waals surface area contributed by atoms with E-state index in [-0.39, 0.29) is 11.4 Å². The molecule has 8 rings (SSSR count). The number of rotatable bonds is 8. The van der Waals surface area contributed by atoms with Crippen LogP contribution in [0.5, 0.6) is 0 Å². The van der Waals surface area contributed by atoms with Crippen molar-refractivity contribution >= 4 is 33.4 Å². The molecule has 0 fully saturated rings. The number of hydrogen-bond acceptors (Lipinski definition) is 8. The molecular formula is C41H26N6O4. The van der Waals surface area contributed by atoms with E-state index in [2.05, 4.69) is 0 Å². The summed E-state index contributed by atoms with van der Waals surface area (Å²) in [4.78, 5) is 41.9. The van der Waals surface area contributed by atoms with Gasteiger partial charge in [0, 0.05) is 46.5 Å². The van der Waals surface area contributed by atoms with E-state index in [0.717, 1.165) is 44.4 Å². The molecule has 0 aliphatic heterocycles. The van der Waals surface area contributed by atoms with E-state index < -0.39 is 9.85 Å². The maximum atomic E-state index is 11.3. The zero-order valence-electron chi connectivity index (χ0n) is 26.9. The summed E-state index contributed by atoms with van der Waals surface area (Å²) in [5.74, 6) is 0. The summed E-state index contributed by atoms with van der Waals surface area (Å²) in [6.45, 7) is 0. The SMILES string of the molecule is O=[N+]([O-])c1ccc(-c2nc3cc(Cc4ccc5nc(-c6ccccc6)c(-c6ccc([N+](=O)[O-])cc6)nc5c4)ccc3nc2-c2ccccc2)cc1. The third-order valence-corrected chi connectivity index (χ3v) is 8.66. The molecule has 0 unspecified atom stereocenters. The molecule has 6 aromatic carbocycles. The number of aromatic nitrogens is 4. The largest absolute Gasteiger partial charge is 0.269 e. The lowest BCUT2D eigenvalue weighted by atomic mass is 10.0. The van der Waals surface area contributed by atoms with Gasteiger partial charge >= 0.3 is 0 Å². The second-order valence-electron chi connectivity index (χ2n) is 12.0. The molecule has 244 valence electrons. The Labute approximate surface area is 291 Å². The first-order valence-corrected chi connectivity index (χ1v) is 16.1. The molecule has 0 atom stereocenters. The van der Waals surface area contributed by atoms with Crippen LogP contribution in [-0.4, -0.2) is 29.8 Å². The lowest BCUT2D eigenvalue weighted by Gasteiger charge is -2.12. The summed E-state index contributed by atoms with van der Waals surface area (Å²) in [6.07, 6.45) is 0.593. The maximum absolute atomic E-state index is 11.3. The molecule has 0 bridgehead atoms. The fraction of sp³-hybridized carbons (Fsp3) is 0.0244.